The fourth-order valence-corrected chi connectivity index (χ4v) is 3.36. The van der Waals surface area contributed by atoms with Gasteiger partial charge in [-0.3, -0.25) is 19.3 Å². The van der Waals surface area contributed by atoms with Gasteiger partial charge in [-0.2, -0.15) is 0 Å². The van der Waals surface area contributed by atoms with E-state index in [1.165, 1.54) is 0 Å². The number of nitrogens with one attached hydrogen (secondary N) is 1. The lowest BCUT2D eigenvalue weighted by molar-refractivity contribution is -0.125. The summed E-state index contributed by atoms with van der Waals surface area (Å²) < 4.78 is 5.20. The van der Waals surface area contributed by atoms with Gasteiger partial charge >= 0.3 is 0 Å². The second-order valence-electron chi connectivity index (χ2n) is 7.24. The number of fused-ring (bicyclic) bond motifs is 1. The van der Waals surface area contributed by atoms with Crippen LogP contribution in [0.5, 0.6) is 5.75 Å². The molecular formula is C22H24N2O4. The highest BCUT2D eigenvalue weighted by Gasteiger charge is 2.42. The second kappa shape index (κ2) is 8.25. The van der Waals surface area contributed by atoms with E-state index in [0.717, 1.165) is 10.5 Å². The van der Waals surface area contributed by atoms with Crippen molar-refractivity contribution in [1.29, 1.82) is 0 Å². The molecule has 0 fully saturated rings. The van der Waals surface area contributed by atoms with Gasteiger partial charge in [0.2, 0.25) is 5.91 Å². The monoisotopic (exact) mass is 380 g/mol. The molecule has 6 nitrogen and oxygen atoms in total. The van der Waals surface area contributed by atoms with Crippen LogP contribution in [-0.4, -0.2) is 35.8 Å². The normalized spacial score (nSPS) is 14.2. The van der Waals surface area contributed by atoms with Gasteiger partial charge in [0.1, 0.15) is 11.8 Å². The Morgan fingerprint density at radius 1 is 1.04 bits per heavy atom. The number of nitrogens with zero attached hydrogens (tertiary/aromatic N) is 1. The molecule has 2 aromatic rings. The van der Waals surface area contributed by atoms with Crippen molar-refractivity contribution in [3.05, 3.63) is 65.2 Å². The summed E-state index contributed by atoms with van der Waals surface area (Å²) >= 11 is 0. The molecule has 3 amide bonds. The molecule has 6 heteroatoms. The fourth-order valence-electron chi connectivity index (χ4n) is 3.36. The first kappa shape index (κ1) is 19.6. The zero-order valence-electron chi connectivity index (χ0n) is 16.3. The van der Waals surface area contributed by atoms with E-state index in [2.05, 4.69) is 5.32 Å². The van der Waals surface area contributed by atoms with Crippen molar-refractivity contribution in [3.63, 3.8) is 0 Å². The van der Waals surface area contributed by atoms with E-state index in [-0.39, 0.29) is 18.4 Å². The first-order valence-electron chi connectivity index (χ1n) is 9.30. The molecule has 146 valence electrons. The summed E-state index contributed by atoms with van der Waals surface area (Å²) in [6.07, 6.45) is 0.398. The first-order chi connectivity index (χ1) is 13.4. The molecule has 1 atom stereocenters. The Kier molecular flexibility index (Phi) is 5.78. The van der Waals surface area contributed by atoms with Gasteiger partial charge in [0.25, 0.3) is 11.8 Å². The van der Waals surface area contributed by atoms with Crippen LogP contribution in [0.1, 0.15) is 46.5 Å². The van der Waals surface area contributed by atoms with Gasteiger partial charge in [-0.05, 0) is 42.2 Å². The molecule has 1 aliphatic heterocycles. The lowest BCUT2D eigenvalue weighted by atomic mass is 10.0. The van der Waals surface area contributed by atoms with Crippen LogP contribution >= 0.6 is 0 Å². The molecule has 0 radical (unpaired) electrons. The number of rotatable bonds is 7. The van der Waals surface area contributed by atoms with Crippen LogP contribution in [0.2, 0.25) is 0 Å². The molecular weight excluding hydrogens is 356 g/mol. The number of carbonyl (C=O) groups is 3. The number of hydrogen-bond donors (Lipinski definition) is 1. The molecule has 0 spiro atoms. The highest BCUT2D eigenvalue weighted by atomic mass is 16.5. The average molecular weight is 380 g/mol. The summed E-state index contributed by atoms with van der Waals surface area (Å²) in [4.78, 5) is 39.7. The molecule has 0 unspecified atom stereocenters. The molecule has 28 heavy (non-hydrogen) atoms. The van der Waals surface area contributed by atoms with Crippen molar-refractivity contribution in [2.45, 2.75) is 32.9 Å². The topological polar surface area (TPSA) is 75.7 Å². The van der Waals surface area contributed by atoms with Gasteiger partial charge in [-0.15, -0.1) is 0 Å². The highest BCUT2D eigenvalue weighted by Crippen LogP contribution is 2.27. The molecule has 1 N–H and O–H groups in total. The molecule has 0 aliphatic carbocycles. The zero-order valence-corrected chi connectivity index (χ0v) is 16.3. The van der Waals surface area contributed by atoms with Gasteiger partial charge in [0.15, 0.2) is 0 Å². The van der Waals surface area contributed by atoms with Crippen LogP contribution in [0.15, 0.2) is 48.5 Å². The smallest absolute Gasteiger partial charge is 0.262 e. The molecule has 3 rings (SSSR count). The number of benzene rings is 2. The maximum Gasteiger partial charge on any atom is 0.262 e. The summed E-state index contributed by atoms with van der Waals surface area (Å²) in [5.74, 6) is -0.334. The van der Waals surface area contributed by atoms with E-state index < -0.39 is 17.9 Å². The minimum Gasteiger partial charge on any atom is -0.497 e. The van der Waals surface area contributed by atoms with E-state index >= 15 is 0 Å². The molecule has 1 aliphatic rings. The molecule has 0 saturated heterocycles. The van der Waals surface area contributed by atoms with Gasteiger partial charge < -0.3 is 10.1 Å². The van der Waals surface area contributed by atoms with E-state index in [0.29, 0.717) is 23.3 Å². The largest absolute Gasteiger partial charge is 0.497 e. The van der Waals surface area contributed by atoms with E-state index in [1.54, 1.807) is 31.4 Å². The average Bonchev–Trinajstić information content (AvgIpc) is 2.95. The minimum atomic E-state index is -0.849. The van der Waals surface area contributed by atoms with E-state index in [9.17, 15) is 14.4 Å². The van der Waals surface area contributed by atoms with Crippen molar-refractivity contribution in [3.8, 4) is 5.75 Å². The van der Waals surface area contributed by atoms with Crippen molar-refractivity contribution < 1.29 is 19.1 Å². The third kappa shape index (κ3) is 3.91. The predicted octanol–water partition coefficient (Wildman–Crippen LogP) is 3.02. The Labute approximate surface area is 164 Å². The number of carbonyl (C=O) groups excluding carboxylic acids is 3. The van der Waals surface area contributed by atoms with Crippen LogP contribution in [0.3, 0.4) is 0 Å². The first-order valence-corrected chi connectivity index (χ1v) is 9.30. The number of amides is 3. The Bertz CT molecular complexity index is 872. The van der Waals surface area contributed by atoms with Gasteiger partial charge in [0.05, 0.1) is 18.2 Å². The standard InChI is InChI=1S/C22H24N2O4/c1-14(2)11-19(20(25)23-13-15-7-6-8-16(12-15)28-3)24-21(26)17-9-4-5-10-18(17)22(24)27/h4-10,12,14,19H,11,13H2,1-3H3,(H,23,25)/t19-/m0/s1. The summed E-state index contributed by atoms with van der Waals surface area (Å²) in [6, 6.07) is 13.2. The van der Waals surface area contributed by atoms with Crippen LogP contribution in [0.25, 0.3) is 0 Å². The Morgan fingerprint density at radius 3 is 2.25 bits per heavy atom. The van der Waals surface area contributed by atoms with Gasteiger partial charge in [0, 0.05) is 6.54 Å². The third-order valence-corrected chi connectivity index (χ3v) is 4.74. The zero-order chi connectivity index (χ0) is 20.3. The summed E-state index contributed by atoms with van der Waals surface area (Å²) in [5, 5.41) is 2.86. The van der Waals surface area contributed by atoms with Crippen molar-refractivity contribution in [2.24, 2.45) is 5.92 Å². The van der Waals surface area contributed by atoms with Crippen molar-refractivity contribution >= 4 is 17.7 Å². The number of methoxy groups -OCH3 is 1. The van der Waals surface area contributed by atoms with E-state index in [1.807, 2.05) is 38.1 Å². The number of imide groups is 1. The van der Waals surface area contributed by atoms with Gasteiger partial charge in [-0.1, -0.05) is 38.1 Å². The van der Waals surface area contributed by atoms with Crippen molar-refractivity contribution in [2.75, 3.05) is 7.11 Å². The second-order valence-corrected chi connectivity index (χ2v) is 7.24. The SMILES string of the molecule is COc1cccc(CNC(=O)[C@H](CC(C)C)N2C(=O)c3ccccc3C2=O)c1. The summed E-state index contributed by atoms with van der Waals surface area (Å²) in [7, 11) is 1.58. The quantitative estimate of drug-likeness (QED) is 0.749. The lowest BCUT2D eigenvalue weighted by Crippen LogP contribution is -2.50. The molecule has 0 bridgehead atoms. The van der Waals surface area contributed by atoms with Crippen LogP contribution in [0.4, 0.5) is 0 Å². The van der Waals surface area contributed by atoms with Crippen LogP contribution in [-0.2, 0) is 11.3 Å². The Balaban J connectivity index is 1.79. The third-order valence-electron chi connectivity index (χ3n) is 4.74. The highest BCUT2D eigenvalue weighted by molar-refractivity contribution is 6.22. The van der Waals surface area contributed by atoms with Crippen molar-refractivity contribution in [1.82, 2.24) is 10.2 Å². The minimum absolute atomic E-state index is 0.136. The van der Waals surface area contributed by atoms with Crippen LogP contribution in [0, 0.1) is 5.92 Å². The molecule has 2 aromatic carbocycles. The van der Waals surface area contributed by atoms with Crippen LogP contribution < -0.4 is 10.1 Å². The number of hydrogen-bond acceptors (Lipinski definition) is 4. The molecule has 0 aromatic heterocycles. The Hall–Kier alpha value is -3.15. The number of ether oxygens (including phenoxy) is 1. The maximum atomic E-state index is 12.9. The Morgan fingerprint density at radius 2 is 1.68 bits per heavy atom. The van der Waals surface area contributed by atoms with Gasteiger partial charge in [-0.25, -0.2) is 0 Å². The predicted molar refractivity (Wildman–Crippen MR) is 105 cm³/mol. The summed E-state index contributed by atoms with van der Waals surface area (Å²) in [6.45, 7) is 4.20. The fraction of sp³-hybridized carbons (Fsp3) is 0.318. The van der Waals surface area contributed by atoms with E-state index in [4.69, 9.17) is 4.74 Å². The molecule has 1 heterocycles. The maximum absolute atomic E-state index is 12.9. The molecule has 0 saturated carbocycles. The lowest BCUT2D eigenvalue weighted by Gasteiger charge is -2.26. The summed E-state index contributed by atoms with van der Waals surface area (Å²) in [5.41, 5.74) is 1.57.